The lowest BCUT2D eigenvalue weighted by molar-refractivity contribution is -0.0961. The summed E-state index contributed by atoms with van der Waals surface area (Å²) in [6, 6.07) is 3.28. The summed E-state index contributed by atoms with van der Waals surface area (Å²) >= 11 is 0. The van der Waals surface area contributed by atoms with Crippen LogP contribution in [0.5, 0.6) is 0 Å². The summed E-state index contributed by atoms with van der Waals surface area (Å²) in [7, 11) is 0. The zero-order valence-electron chi connectivity index (χ0n) is 16.4. The maximum absolute atomic E-state index is 14.8. The highest BCUT2D eigenvalue weighted by Crippen LogP contribution is 2.54. The molecule has 0 radical (unpaired) electrons. The van der Waals surface area contributed by atoms with Crippen molar-refractivity contribution in [2.24, 2.45) is 16.6 Å². The summed E-state index contributed by atoms with van der Waals surface area (Å²) in [5.41, 5.74) is 3.96. The first-order chi connectivity index (χ1) is 14.6. The number of ether oxygens (including phenoxy) is 1. The molecule has 0 spiro atoms. The molecule has 3 N–H and O–H groups in total. The summed E-state index contributed by atoms with van der Waals surface area (Å²) in [6.45, 7) is 0.555. The molecule has 1 aromatic carbocycles. The van der Waals surface area contributed by atoms with Crippen LogP contribution in [0.25, 0.3) is 0 Å². The zero-order valence-corrected chi connectivity index (χ0v) is 16.4. The van der Waals surface area contributed by atoms with Crippen LogP contribution in [0, 0.1) is 11.7 Å². The number of nitrogens with zero attached hydrogens (tertiary/aromatic N) is 3. The molecule has 1 aliphatic heterocycles. The van der Waals surface area contributed by atoms with E-state index in [4.69, 9.17) is 10.5 Å². The van der Waals surface area contributed by atoms with E-state index in [0.29, 0.717) is 0 Å². The van der Waals surface area contributed by atoms with Crippen LogP contribution < -0.4 is 11.1 Å². The Bertz CT molecular complexity index is 1050. The number of nitrogens with two attached hydrogens (primary N) is 1. The lowest BCUT2D eigenvalue weighted by atomic mass is 9.75. The Labute approximate surface area is 174 Å². The van der Waals surface area contributed by atoms with Crippen LogP contribution in [0.15, 0.2) is 35.6 Å². The molecular weight excluding hydrogens is 418 g/mol. The second-order valence-electron chi connectivity index (χ2n) is 7.71. The van der Waals surface area contributed by atoms with Gasteiger partial charge in [0.1, 0.15) is 29.8 Å². The molecule has 7 nitrogen and oxygen atoms in total. The van der Waals surface area contributed by atoms with Crippen LogP contribution in [0.4, 0.5) is 23.2 Å². The molecule has 4 rings (SSSR count). The number of halogens is 4. The van der Waals surface area contributed by atoms with Gasteiger partial charge in [-0.25, -0.2) is 27.5 Å². The van der Waals surface area contributed by atoms with Gasteiger partial charge in [-0.3, -0.25) is 9.78 Å². The van der Waals surface area contributed by atoms with Gasteiger partial charge in [0.2, 0.25) is 0 Å². The third kappa shape index (κ3) is 3.68. The van der Waals surface area contributed by atoms with Crippen molar-refractivity contribution < 1.29 is 27.1 Å². The van der Waals surface area contributed by atoms with Gasteiger partial charge in [-0.15, -0.1) is 0 Å². The third-order valence-electron chi connectivity index (χ3n) is 5.65. The number of alkyl halides is 3. The fourth-order valence-electron chi connectivity index (χ4n) is 4.26. The van der Waals surface area contributed by atoms with E-state index >= 15 is 0 Å². The largest absolute Gasteiger partial charge is 0.461 e. The Morgan fingerprint density at radius 2 is 2.10 bits per heavy atom. The Kier molecular flexibility index (Phi) is 5.06. The molecule has 1 saturated carbocycles. The monoisotopic (exact) mass is 437 g/mol. The van der Waals surface area contributed by atoms with Crippen LogP contribution in [-0.2, 0) is 17.0 Å². The van der Waals surface area contributed by atoms with Crippen LogP contribution in [0.2, 0.25) is 0 Å². The van der Waals surface area contributed by atoms with Crippen LogP contribution in [0.3, 0.4) is 0 Å². The third-order valence-corrected chi connectivity index (χ3v) is 5.65. The quantitative estimate of drug-likeness (QED) is 0.715. The summed E-state index contributed by atoms with van der Waals surface area (Å²) < 4.78 is 62.0. The lowest BCUT2D eigenvalue weighted by Gasteiger charge is -2.41. The van der Waals surface area contributed by atoms with Gasteiger partial charge < -0.3 is 15.8 Å². The summed E-state index contributed by atoms with van der Waals surface area (Å²) in [6.07, 6.45) is 0.956. The molecule has 0 bridgehead atoms. The van der Waals surface area contributed by atoms with Gasteiger partial charge in [-0.05, 0) is 31.5 Å². The Hall–Kier alpha value is -3.24. The Balaban J connectivity index is 1.68. The number of amides is 1. The smallest absolute Gasteiger partial charge is 0.283 e. The van der Waals surface area contributed by atoms with E-state index < -0.39 is 48.3 Å². The molecule has 2 heterocycles. The highest BCUT2D eigenvalue weighted by molar-refractivity contribution is 6.02. The number of fused-ring (bicyclic) bond motifs is 1. The molecule has 31 heavy (non-hydrogen) atoms. The first-order valence-electron chi connectivity index (χ1n) is 9.52. The fraction of sp³-hybridized carbons (Fsp3) is 0.400. The minimum atomic E-state index is -3.14. The van der Waals surface area contributed by atoms with Gasteiger partial charge in [0.05, 0.1) is 24.0 Å². The van der Waals surface area contributed by atoms with Crippen LogP contribution in [0.1, 0.15) is 41.5 Å². The molecule has 1 amide bonds. The van der Waals surface area contributed by atoms with Crippen LogP contribution >= 0.6 is 0 Å². The predicted octanol–water partition coefficient (Wildman–Crippen LogP) is 3.31. The summed E-state index contributed by atoms with van der Waals surface area (Å²) in [4.78, 5) is 24.0. The summed E-state index contributed by atoms with van der Waals surface area (Å²) in [5.74, 6) is -6.01. The zero-order chi connectivity index (χ0) is 22.4. The van der Waals surface area contributed by atoms with Crippen molar-refractivity contribution in [3.8, 4) is 0 Å². The van der Waals surface area contributed by atoms with Crippen molar-refractivity contribution in [1.82, 2.24) is 9.97 Å². The average molecular weight is 437 g/mol. The predicted molar refractivity (Wildman–Crippen MR) is 103 cm³/mol. The van der Waals surface area contributed by atoms with Gasteiger partial charge in [0, 0.05) is 17.7 Å². The number of carbonyl (C=O) groups excluding carboxylic acids is 1. The Morgan fingerprint density at radius 3 is 2.77 bits per heavy atom. The Morgan fingerprint density at radius 1 is 1.32 bits per heavy atom. The molecule has 1 aliphatic carbocycles. The molecule has 1 fully saturated rings. The first-order valence-corrected chi connectivity index (χ1v) is 9.52. The molecule has 2 aromatic rings. The van der Waals surface area contributed by atoms with E-state index in [-0.39, 0.29) is 35.1 Å². The standard InChI is InChI=1S/C20H19F4N5O2/c1-19(16-15(31-18(25)29-19)4-5-20(16,23)24)12-6-10(2-3-13(12)22)28-17(30)14-9-26-11(7-21)8-27-14/h2-3,6,8-9,15-16H,4-5,7H2,1H3,(H2,25,29)(H,28,30)/t15?,16?,19-/m1/s1. The first kappa shape index (κ1) is 21.0. The van der Waals surface area contributed by atoms with Gasteiger partial charge in [-0.1, -0.05) is 0 Å². The van der Waals surface area contributed by atoms with E-state index in [1.807, 2.05) is 0 Å². The van der Waals surface area contributed by atoms with Gasteiger partial charge >= 0.3 is 0 Å². The number of anilines is 1. The molecule has 1 aromatic heterocycles. The van der Waals surface area contributed by atoms with Crippen molar-refractivity contribution in [1.29, 1.82) is 0 Å². The van der Waals surface area contributed by atoms with E-state index in [0.717, 1.165) is 18.5 Å². The van der Waals surface area contributed by atoms with Crippen molar-refractivity contribution in [3.05, 3.63) is 53.4 Å². The molecule has 0 saturated heterocycles. The number of benzene rings is 1. The molecule has 3 atom stereocenters. The number of carbonyl (C=O) groups is 1. The van der Waals surface area contributed by atoms with Gasteiger partial charge in [-0.2, -0.15) is 0 Å². The van der Waals surface area contributed by atoms with Gasteiger partial charge in [0.25, 0.3) is 17.9 Å². The normalized spacial score (nSPS) is 26.5. The maximum atomic E-state index is 14.8. The minimum absolute atomic E-state index is 0.0646. The number of rotatable bonds is 4. The van der Waals surface area contributed by atoms with Gasteiger partial charge in [0.15, 0.2) is 0 Å². The number of amidine groups is 1. The topological polar surface area (TPSA) is 102 Å². The van der Waals surface area contributed by atoms with E-state index in [2.05, 4.69) is 20.3 Å². The maximum Gasteiger partial charge on any atom is 0.283 e. The highest BCUT2D eigenvalue weighted by atomic mass is 19.3. The SMILES string of the molecule is C[C@]1(c2cc(NC(=O)c3cnc(CF)cn3)ccc2F)N=C(N)OC2CCC(F)(F)C21. The van der Waals surface area contributed by atoms with Crippen molar-refractivity contribution in [2.75, 3.05) is 5.32 Å². The molecule has 164 valence electrons. The fourth-order valence-corrected chi connectivity index (χ4v) is 4.26. The van der Waals surface area contributed by atoms with E-state index in [9.17, 15) is 22.4 Å². The van der Waals surface area contributed by atoms with Crippen LogP contribution in [-0.4, -0.2) is 33.9 Å². The summed E-state index contributed by atoms with van der Waals surface area (Å²) in [5, 5.41) is 2.51. The number of aromatic nitrogens is 2. The minimum Gasteiger partial charge on any atom is -0.461 e. The average Bonchev–Trinajstić information content (AvgIpc) is 3.04. The van der Waals surface area contributed by atoms with Crippen molar-refractivity contribution >= 4 is 17.6 Å². The molecule has 2 unspecified atom stereocenters. The molecule has 11 heteroatoms. The second-order valence-corrected chi connectivity index (χ2v) is 7.71. The number of aliphatic imine (C=N–C) groups is 1. The number of nitrogens with one attached hydrogen (secondary N) is 1. The second kappa shape index (κ2) is 7.47. The molecule has 2 aliphatic rings. The van der Waals surface area contributed by atoms with E-state index in [1.165, 1.54) is 19.1 Å². The lowest BCUT2D eigenvalue weighted by Crippen LogP contribution is -2.51. The van der Waals surface area contributed by atoms with Crippen molar-refractivity contribution in [2.45, 2.75) is 44.0 Å². The van der Waals surface area contributed by atoms with E-state index in [1.54, 1.807) is 0 Å². The number of hydrogen-bond donors (Lipinski definition) is 2. The van der Waals surface area contributed by atoms with Crippen molar-refractivity contribution in [3.63, 3.8) is 0 Å². The number of hydrogen-bond acceptors (Lipinski definition) is 6. The highest BCUT2D eigenvalue weighted by Gasteiger charge is 2.62. The molecular formula is C20H19F4N5O2.